The minimum atomic E-state index is -0.917. The highest BCUT2D eigenvalue weighted by molar-refractivity contribution is 5.96. The average Bonchev–Trinajstić information content (AvgIpc) is 3.04. The molecule has 5 rings (SSSR count). The van der Waals surface area contributed by atoms with Crippen molar-refractivity contribution in [3.8, 4) is 0 Å². The maximum atomic E-state index is 14.5. The van der Waals surface area contributed by atoms with E-state index in [1.165, 1.54) is 6.07 Å². The van der Waals surface area contributed by atoms with Crippen molar-refractivity contribution in [1.82, 2.24) is 4.90 Å². The van der Waals surface area contributed by atoms with Gasteiger partial charge in [0.15, 0.2) is 0 Å². The Morgan fingerprint density at radius 2 is 1.68 bits per heavy atom. The number of hydrogen-bond donors (Lipinski definition) is 3. The molecule has 1 heterocycles. The number of aliphatic carboxylic acids is 1. The van der Waals surface area contributed by atoms with Crippen LogP contribution in [0.15, 0.2) is 48.5 Å². The lowest BCUT2D eigenvalue weighted by Crippen LogP contribution is -2.57. The first kappa shape index (κ1) is 36.3. The molecule has 1 saturated heterocycles. The Morgan fingerprint density at radius 3 is 2.30 bits per heavy atom. The quantitative estimate of drug-likeness (QED) is 0.143. The Hall–Kier alpha value is -3.91. The second kappa shape index (κ2) is 16.2. The Balaban J connectivity index is 0.00000106. The minimum Gasteiger partial charge on any atom is -0.481 e. The molecule has 2 aliphatic rings. The van der Waals surface area contributed by atoms with Gasteiger partial charge >= 0.3 is 5.97 Å². The van der Waals surface area contributed by atoms with Crippen LogP contribution in [0.1, 0.15) is 117 Å². The summed E-state index contributed by atoms with van der Waals surface area (Å²) < 4.78 is 14.5. The molecule has 0 saturated carbocycles. The van der Waals surface area contributed by atoms with Crippen LogP contribution in [-0.2, 0) is 11.2 Å². The second-order valence-electron chi connectivity index (χ2n) is 10.4. The highest BCUT2D eigenvalue weighted by Crippen LogP contribution is 2.49. The molecule has 44 heavy (non-hydrogen) atoms. The molecule has 0 radical (unpaired) electrons. The van der Waals surface area contributed by atoms with Crippen LogP contribution in [0.5, 0.6) is 0 Å². The number of carbonyl (C=O) groups is 2. The zero-order valence-electron chi connectivity index (χ0n) is 27.9. The largest absolute Gasteiger partial charge is 0.481 e. The highest BCUT2D eigenvalue weighted by atomic mass is 19.1. The molecule has 1 fully saturated rings. The number of benzene rings is 3. The number of hydrogen-bond acceptors (Lipinski definition) is 5. The molecule has 1 aliphatic heterocycles. The van der Waals surface area contributed by atoms with Crippen LogP contribution >= 0.6 is 0 Å². The predicted octanol–water partition coefficient (Wildman–Crippen LogP) is 7.92. The summed E-state index contributed by atoms with van der Waals surface area (Å²) >= 11 is 0. The number of nitrogens with zero attached hydrogens (tertiary/aromatic N) is 2. The summed E-state index contributed by atoms with van der Waals surface area (Å²) in [5.74, 6) is 3.91. The van der Waals surface area contributed by atoms with Crippen molar-refractivity contribution in [2.45, 2.75) is 99.6 Å². The van der Waals surface area contributed by atoms with Crippen LogP contribution in [0.25, 0.3) is 0 Å². The van der Waals surface area contributed by atoms with Crippen LogP contribution in [0.4, 0.5) is 15.8 Å². The van der Waals surface area contributed by atoms with Crippen LogP contribution in [0, 0.1) is 19.7 Å². The monoisotopic (exact) mass is 606 g/mol. The van der Waals surface area contributed by atoms with Crippen LogP contribution < -0.4 is 16.6 Å². The van der Waals surface area contributed by atoms with E-state index in [1.54, 1.807) is 22.0 Å². The lowest BCUT2D eigenvalue weighted by Gasteiger charge is -2.53. The molecule has 0 spiro atoms. The third-order valence-corrected chi connectivity index (χ3v) is 8.14. The first-order chi connectivity index (χ1) is 21.1. The van der Waals surface area contributed by atoms with Crippen LogP contribution in [0.2, 0.25) is 0 Å². The maximum absolute atomic E-state index is 14.5. The van der Waals surface area contributed by atoms with E-state index in [1.807, 2.05) is 92.6 Å². The van der Waals surface area contributed by atoms with Gasteiger partial charge in [-0.25, -0.2) is 10.2 Å². The Labute approximate surface area is 263 Å². The van der Waals surface area contributed by atoms with E-state index >= 15 is 0 Å². The molecule has 240 valence electrons. The van der Waals surface area contributed by atoms with Gasteiger partial charge in [0.05, 0.1) is 29.4 Å². The molecule has 3 aromatic carbocycles. The summed E-state index contributed by atoms with van der Waals surface area (Å²) in [6, 6.07) is 14.3. The number of nitrogens with two attached hydrogens (primary N) is 2. The van der Waals surface area contributed by atoms with Gasteiger partial charge in [-0.05, 0) is 79.6 Å². The van der Waals surface area contributed by atoms with Crippen LogP contribution in [0.3, 0.4) is 0 Å². The average molecular weight is 607 g/mol. The van der Waals surface area contributed by atoms with Gasteiger partial charge in [0.1, 0.15) is 5.82 Å². The molecule has 2 unspecified atom stereocenters. The number of carboxylic acid groups (broad SMARTS) is 1. The molecule has 7 nitrogen and oxygen atoms in total. The summed E-state index contributed by atoms with van der Waals surface area (Å²) in [5, 5.41) is 11.3. The van der Waals surface area contributed by atoms with Crippen molar-refractivity contribution in [1.29, 1.82) is 0 Å². The number of amides is 1. The third kappa shape index (κ3) is 7.24. The number of likely N-dealkylation sites (tertiary alicyclic amines) is 1. The zero-order chi connectivity index (χ0) is 33.3. The van der Waals surface area contributed by atoms with E-state index in [9.17, 15) is 19.1 Å². The lowest BCUT2D eigenvalue weighted by molar-refractivity contribution is -0.137. The van der Waals surface area contributed by atoms with E-state index in [0.29, 0.717) is 24.3 Å². The summed E-state index contributed by atoms with van der Waals surface area (Å²) in [5.41, 5.74) is 13.2. The van der Waals surface area contributed by atoms with E-state index in [0.717, 1.165) is 39.8 Å². The van der Waals surface area contributed by atoms with Crippen molar-refractivity contribution in [3.63, 3.8) is 0 Å². The van der Waals surface area contributed by atoms with Crippen molar-refractivity contribution in [2.75, 3.05) is 17.3 Å². The van der Waals surface area contributed by atoms with E-state index in [-0.39, 0.29) is 30.0 Å². The minimum absolute atomic E-state index is 0.0351. The molecule has 3 aromatic rings. The van der Waals surface area contributed by atoms with Crippen molar-refractivity contribution in [3.05, 3.63) is 93.3 Å². The Morgan fingerprint density at radius 1 is 1.02 bits per heavy atom. The molecule has 1 amide bonds. The van der Waals surface area contributed by atoms with Crippen molar-refractivity contribution in [2.24, 2.45) is 5.84 Å². The topological polar surface area (TPSA) is 113 Å². The summed E-state index contributed by atoms with van der Waals surface area (Å²) in [6.45, 7) is 18.2. The number of rotatable bonds is 7. The summed E-state index contributed by atoms with van der Waals surface area (Å²) in [4.78, 5) is 27.1. The molecule has 2 bridgehead atoms. The summed E-state index contributed by atoms with van der Waals surface area (Å²) in [7, 11) is 0. The molecule has 5 N–H and O–H groups in total. The van der Waals surface area contributed by atoms with Gasteiger partial charge < -0.3 is 20.7 Å². The van der Waals surface area contributed by atoms with Gasteiger partial charge in [-0.15, -0.1) is 0 Å². The maximum Gasteiger partial charge on any atom is 0.304 e. The first-order valence-corrected chi connectivity index (χ1v) is 15.9. The molecule has 0 aromatic heterocycles. The number of aryl methyl sites for hydroxylation is 1. The number of carboxylic acids is 1. The Bertz CT molecular complexity index is 1440. The second-order valence-corrected chi connectivity index (χ2v) is 10.4. The fourth-order valence-electron chi connectivity index (χ4n) is 6.00. The van der Waals surface area contributed by atoms with Gasteiger partial charge in [-0.1, -0.05) is 77.4 Å². The number of hydrazine groups is 1. The fourth-order valence-corrected chi connectivity index (χ4v) is 6.00. The van der Waals surface area contributed by atoms with Crippen molar-refractivity contribution < 1.29 is 19.1 Å². The summed E-state index contributed by atoms with van der Waals surface area (Å²) in [6.07, 6.45) is 1.39. The van der Waals surface area contributed by atoms with Crippen molar-refractivity contribution >= 4 is 23.3 Å². The number of nitrogen functional groups attached to an aromatic ring is 1. The first-order valence-electron chi connectivity index (χ1n) is 15.9. The lowest BCUT2D eigenvalue weighted by atomic mass is 9.73. The highest BCUT2D eigenvalue weighted by Gasteiger charge is 2.48. The molecular formula is C36H51FN4O3. The van der Waals surface area contributed by atoms with Gasteiger partial charge in [-0.3, -0.25) is 9.59 Å². The van der Waals surface area contributed by atoms with Gasteiger partial charge in [-0.2, -0.15) is 0 Å². The third-order valence-electron chi connectivity index (χ3n) is 8.14. The van der Waals surface area contributed by atoms with E-state index in [4.69, 9.17) is 11.6 Å². The molecule has 8 heteroatoms. The number of halogens is 1. The fraction of sp³-hybridized carbons (Fsp3) is 0.444. The normalized spacial score (nSPS) is 16.3. The van der Waals surface area contributed by atoms with Crippen LogP contribution in [-0.4, -0.2) is 34.5 Å². The van der Waals surface area contributed by atoms with Gasteiger partial charge in [0.25, 0.3) is 5.91 Å². The van der Waals surface area contributed by atoms with E-state index < -0.39 is 17.7 Å². The SMILES string of the molecule is CC.CC.CC.CCN(N)c1ccc(C(CC(=O)O)c2ccc3c(c2)C2C[C@H](C3)N2C(=O)c2cc(C)ccc2F)c(C)c1N. The molecule has 1 aliphatic carbocycles. The van der Waals surface area contributed by atoms with E-state index in [2.05, 4.69) is 0 Å². The Kier molecular flexibility index (Phi) is 13.4. The molecule has 3 atom stereocenters. The predicted molar refractivity (Wildman–Crippen MR) is 180 cm³/mol. The standard InChI is InChI=1S/C30H33FN4O3.3C2H6/c1-4-34(33)26-10-8-21(17(3)29(26)32)22(15-28(36)37)19-7-6-18-12-20-14-27(23(18)13-19)35(20)30(38)24-11-16(2)5-9-25(24)31;3*1-2/h5-11,13,20,22,27H,4,12,14-15,32-33H2,1-3H3,(H,36,37);3*1-2H3/t20-,22?,27?;;;/m0.../s1. The number of carbonyl (C=O) groups excluding carboxylic acids is 1. The zero-order valence-corrected chi connectivity index (χ0v) is 27.9. The number of fused-ring (bicyclic) bond motifs is 4. The molecular weight excluding hydrogens is 555 g/mol. The van der Waals surface area contributed by atoms with Gasteiger partial charge in [0, 0.05) is 18.5 Å². The van der Waals surface area contributed by atoms with Gasteiger partial charge in [0.2, 0.25) is 0 Å². The number of anilines is 2. The smallest absolute Gasteiger partial charge is 0.304 e.